The van der Waals surface area contributed by atoms with Crippen LogP contribution in [0.2, 0.25) is 0 Å². The minimum atomic E-state index is -3.22. The normalized spacial score (nSPS) is 18.8. The molecule has 1 amide bonds. The van der Waals surface area contributed by atoms with Crippen molar-refractivity contribution in [2.75, 3.05) is 18.8 Å². The van der Waals surface area contributed by atoms with Gasteiger partial charge in [0.2, 0.25) is 15.9 Å². The Bertz CT molecular complexity index is 723. The Labute approximate surface area is 170 Å². The first-order valence-corrected chi connectivity index (χ1v) is 12.2. The molecule has 1 aromatic carbocycles. The third kappa shape index (κ3) is 5.57. The Morgan fingerprint density at radius 3 is 2.25 bits per heavy atom. The molecule has 1 aliphatic heterocycles. The molecular weight excluding hydrogens is 372 g/mol. The van der Waals surface area contributed by atoms with E-state index in [-0.39, 0.29) is 17.7 Å². The third-order valence-corrected chi connectivity index (χ3v) is 7.77. The number of hydrogen-bond acceptors (Lipinski definition) is 3. The van der Waals surface area contributed by atoms with Crippen molar-refractivity contribution in [2.45, 2.75) is 71.3 Å². The lowest BCUT2D eigenvalue weighted by atomic mass is 9.72. The number of carbonyl (C=O) groups excluding carboxylic acids is 1. The number of amides is 1. The van der Waals surface area contributed by atoms with Gasteiger partial charge in [-0.15, -0.1) is 0 Å². The molecule has 0 radical (unpaired) electrons. The fourth-order valence-electron chi connectivity index (χ4n) is 4.00. The average Bonchev–Trinajstić information content (AvgIpc) is 2.68. The molecule has 0 aromatic heterocycles. The highest BCUT2D eigenvalue weighted by Gasteiger charge is 2.44. The highest BCUT2D eigenvalue weighted by molar-refractivity contribution is 7.89. The molecule has 1 saturated heterocycles. The first-order valence-electron chi connectivity index (χ1n) is 10.6. The van der Waals surface area contributed by atoms with Crippen molar-refractivity contribution in [1.82, 2.24) is 9.62 Å². The molecule has 5 nitrogen and oxygen atoms in total. The van der Waals surface area contributed by atoms with Gasteiger partial charge in [-0.25, -0.2) is 12.7 Å². The molecule has 1 aliphatic rings. The van der Waals surface area contributed by atoms with Crippen LogP contribution in [0.15, 0.2) is 30.3 Å². The Morgan fingerprint density at radius 2 is 1.71 bits per heavy atom. The molecule has 0 bridgehead atoms. The van der Waals surface area contributed by atoms with E-state index in [2.05, 4.69) is 26.1 Å². The first kappa shape index (κ1) is 22.9. The lowest BCUT2D eigenvalue weighted by molar-refractivity contribution is -0.129. The summed E-state index contributed by atoms with van der Waals surface area (Å²) < 4.78 is 26.0. The van der Waals surface area contributed by atoms with E-state index in [9.17, 15) is 13.2 Å². The zero-order valence-electron chi connectivity index (χ0n) is 17.8. The summed E-state index contributed by atoms with van der Waals surface area (Å²) >= 11 is 0. The predicted octanol–water partition coefficient (Wildman–Crippen LogP) is 3.70. The predicted molar refractivity (Wildman–Crippen MR) is 115 cm³/mol. The maximum absolute atomic E-state index is 13.4. The minimum absolute atomic E-state index is 0.0318. The van der Waals surface area contributed by atoms with E-state index in [0.29, 0.717) is 31.8 Å². The maximum Gasteiger partial charge on any atom is 0.230 e. The van der Waals surface area contributed by atoms with Gasteiger partial charge in [0, 0.05) is 19.1 Å². The largest absolute Gasteiger partial charge is 0.353 e. The number of rotatable bonds is 9. The molecular formula is C22H36N2O3S. The average molecular weight is 409 g/mol. The fourth-order valence-corrected chi connectivity index (χ4v) is 5.10. The number of nitrogens with zero attached hydrogens (tertiary/aromatic N) is 1. The number of hydrogen-bond donors (Lipinski definition) is 1. The van der Waals surface area contributed by atoms with E-state index in [1.54, 1.807) is 6.92 Å². The first-order chi connectivity index (χ1) is 13.2. The fraction of sp³-hybridized carbons (Fsp3) is 0.682. The van der Waals surface area contributed by atoms with Gasteiger partial charge >= 0.3 is 0 Å². The molecule has 1 unspecified atom stereocenters. The summed E-state index contributed by atoms with van der Waals surface area (Å²) in [5.41, 5.74) is 0.322. The van der Waals surface area contributed by atoms with Crippen molar-refractivity contribution in [1.29, 1.82) is 0 Å². The summed E-state index contributed by atoms with van der Waals surface area (Å²) in [5.74, 6) is 0.803. The molecule has 0 spiro atoms. The Hall–Kier alpha value is -1.40. The lowest BCUT2D eigenvalue weighted by Crippen LogP contribution is -2.54. The molecule has 1 atom stereocenters. The van der Waals surface area contributed by atoms with Gasteiger partial charge in [-0.05, 0) is 44.6 Å². The zero-order valence-corrected chi connectivity index (χ0v) is 18.6. The standard InChI is InChI=1S/C22H36N2O3S/c1-5-28(26,27)24-16-14-22(15-17-24,20-12-7-6-8-13-20)21(25)23-19(4)11-9-10-18(2)3/h6-8,12-13,18-19H,5,9-11,14-17H2,1-4H3,(H,23,25). The van der Waals surface area contributed by atoms with Crippen LogP contribution in [0.1, 0.15) is 65.4 Å². The van der Waals surface area contributed by atoms with Crippen molar-refractivity contribution in [2.24, 2.45) is 5.92 Å². The molecule has 1 heterocycles. The van der Waals surface area contributed by atoms with Crippen LogP contribution in [-0.2, 0) is 20.2 Å². The topological polar surface area (TPSA) is 66.5 Å². The van der Waals surface area contributed by atoms with Gasteiger partial charge in [-0.2, -0.15) is 0 Å². The number of carbonyl (C=O) groups is 1. The summed E-state index contributed by atoms with van der Waals surface area (Å²) in [6.07, 6.45) is 4.25. The van der Waals surface area contributed by atoms with Crippen molar-refractivity contribution in [3.8, 4) is 0 Å². The summed E-state index contributed by atoms with van der Waals surface area (Å²) in [6.45, 7) is 8.94. The van der Waals surface area contributed by atoms with Crippen LogP contribution in [0.25, 0.3) is 0 Å². The summed E-state index contributed by atoms with van der Waals surface area (Å²) in [7, 11) is -3.22. The number of sulfonamides is 1. The third-order valence-electron chi connectivity index (χ3n) is 5.89. The molecule has 0 saturated carbocycles. The van der Waals surface area contributed by atoms with Crippen LogP contribution >= 0.6 is 0 Å². The van der Waals surface area contributed by atoms with Crippen LogP contribution in [0.3, 0.4) is 0 Å². The van der Waals surface area contributed by atoms with E-state index in [1.807, 2.05) is 30.3 Å². The van der Waals surface area contributed by atoms with E-state index < -0.39 is 15.4 Å². The van der Waals surface area contributed by atoms with Crippen LogP contribution < -0.4 is 5.32 Å². The van der Waals surface area contributed by atoms with Crippen LogP contribution in [0, 0.1) is 5.92 Å². The molecule has 2 rings (SSSR count). The number of nitrogens with one attached hydrogen (secondary N) is 1. The number of piperidine rings is 1. The smallest absolute Gasteiger partial charge is 0.230 e. The van der Waals surface area contributed by atoms with Gasteiger partial charge < -0.3 is 5.32 Å². The van der Waals surface area contributed by atoms with Gasteiger partial charge in [-0.3, -0.25) is 4.79 Å². The molecule has 1 aromatic rings. The van der Waals surface area contributed by atoms with Crippen LogP contribution in [0.5, 0.6) is 0 Å². The minimum Gasteiger partial charge on any atom is -0.353 e. The molecule has 1 fully saturated rings. The van der Waals surface area contributed by atoms with Crippen molar-refractivity contribution in [3.63, 3.8) is 0 Å². The molecule has 0 aliphatic carbocycles. The SMILES string of the molecule is CCS(=O)(=O)N1CCC(C(=O)NC(C)CCCC(C)C)(c2ccccc2)CC1. The van der Waals surface area contributed by atoms with Crippen LogP contribution in [0.4, 0.5) is 0 Å². The van der Waals surface area contributed by atoms with Gasteiger partial charge in [0.1, 0.15) is 0 Å². The van der Waals surface area contributed by atoms with E-state index in [1.165, 1.54) is 4.31 Å². The van der Waals surface area contributed by atoms with Gasteiger partial charge in [0.15, 0.2) is 0 Å². The van der Waals surface area contributed by atoms with E-state index in [0.717, 1.165) is 24.8 Å². The van der Waals surface area contributed by atoms with Gasteiger partial charge in [0.25, 0.3) is 0 Å². The molecule has 28 heavy (non-hydrogen) atoms. The molecule has 1 N–H and O–H groups in total. The number of benzene rings is 1. The summed E-state index contributed by atoms with van der Waals surface area (Å²) in [4.78, 5) is 13.4. The second-order valence-electron chi connectivity index (χ2n) is 8.45. The Morgan fingerprint density at radius 1 is 1.11 bits per heavy atom. The maximum atomic E-state index is 13.4. The highest BCUT2D eigenvalue weighted by atomic mass is 32.2. The van der Waals surface area contributed by atoms with Crippen molar-refractivity contribution >= 4 is 15.9 Å². The van der Waals surface area contributed by atoms with E-state index in [4.69, 9.17) is 0 Å². The second-order valence-corrected chi connectivity index (χ2v) is 10.7. The van der Waals surface area contributed by atoms with Crippen molar-refractivity contribution in [3.05, 3.63) is 35.9 Å². The quantitative estimate of drug-likeness (QED) is 0.677. The zero-order chi connectivity index (χ0) is 20.8. The highest BCUT2D eigenvalue weighted by Crippen LogP contribution is 2.37. The summed E-state index contributed by atoms with van der Waals surface area (Å²) in [5, 5.41) is 3.22. The van der Waals surface area contributed by atoms with Crippen molar-refractivity contribution < 1.29 is 13.2 Å². The van der Waals surface area contributed by atoms with E-state index >= 15 is 0 Å². The molecule has 158 valence electrons. The lowest BCUT2D eigenvalue weighted by Gasteiger charge is -2.41. The van der Waals surface area contributed by atoms with Gasteiger partial charge in [0.05, 0.1) is 11.2 Å². The molecule has 6 heteroatoms. The second kappa shape index (κ2) is 9.88. The summed E-state index contributed by atoms with van der Waals surface area (Å²) in [6, 6.07) is 9.95. The van der Waals surface area contributed by atoms with Gasteiger partial charge in [-0.1, -0.05) is 57.0 Å². The Balaban J connectivity index is 2.14. The monoisotopic (exact) mass is 408 g/mol. The Kier molecular flexibility index (Phi) is 8.07. The van der Waals surface area contributed by atoms with Crippen LogP contribution in [-0.4, -0.2) is 43.5 Å².